The van der Waals surface area contributed by atoms with Gasteiger partial charge in [0.25, 0.3) is 0 Å². The summed E-state index contributed by atoms with van der Waals surface area (Å²) in [6.07, 6.45) is 89.5. The van der Waals surface area contributed by atoms with Crippen LogP contribution in [0.15, 0.2) is 146 Å². The number of phosphoric acid groups is 2. The molecule has 0 bridgehead atoms. The SMILES string of the molecule is CC/C=C\C/C=C\C/C=C\C/C=C\CCCCCCCCC(=O)OCC(COP(=O)(O)OCC(O)COP(=O)(O)OCC(COC(=O)CCCCCC/C=C\C/C=C\C/C=C\C/C=C\CC)OC(=O)CCCCCCC/C=C\C/C=C\CCCCC)OC(=O)CCCCCCC/C=C\C/C=C\CCCCC. The van der Waals surface area contributed by atoms with Gasteiger partial charge in [0.2, 0.25) is 0 Å². The van der Waals surface area contributed by atoms with Gasteiger partial charge in [0, 0.05) is 25.7 Å². The molecule has 0 aliphatic rings. The Labute approximate surface area is 643 Å². The summed E-state index contributed by atoms with van der Waals surface area (Å²) in [6, 6.07) is 0. The first-order chi connectivity index (χ1) is 51.7. The predicted octanol–water partition coefficient (Wildman–Crippen LogP) is 24.2. The first-order valence-electron chi connectivity index (χ1n) is 41.1. The van der Waals surface area contributed by atoms with E-state index in [1.54, 1.807) is 0 Å². The summed E-state index contributed by atoms with van der Waals surface area (Å²) in [4.78, 5) is 73.1. The van der Waals surface area contributed by atoms with Crippen LogP contribution >= 0.6 is 15.6 Å². The molecule has 0 radical (unpaired) electrons. The second-order valence-corrected chi connectivity index (χ2v) is 29.8. The van der Waals surface area contributed by atoms with E-state index in [0.29, 0.717) is 25.7 Å². The molecule has 0 aliphatic carbocycles. The van der Waals surface area contributed by atoms with Crippen LogP contribution in [0.5, 0.6) is 0 Å². The second-order valence-electron chi connectivity index (χ2n) is 26.9. The van der Waals surface area contributed by atoms with Crippen LogP contribution in [-0.2, 0) is 65.4 Å². The molecule has 19 heteroatoms. The second kappa shape index (κ2) is 78.1. The van der Waals surface area contributed by atoms with E-state index in [1.807, 2.05) is 0 Å². The summed E-state index contributed by atoms with van der Waals surface area (Å²) in [5.41, 5.74) is 0. The van der Waals surface area contributed by atoms with E-state index in [0.717, 1.165) is 205 Å². The molecule has 606 valence electrons. The van der Waals surface area contributed by atoms with Crippen LogP contribution in [0.3, 0.4) is 0 Å². The molecule has 0 spiro atoms. The maximum absolute atomic E-state index is 13.1. The van der Waals surface area contributed by atoms with Gasteiger partial charge in [-0.2, -0.15) is 0 Å². The third-order valence-electron chi connectivity index (χ3n) is 16.8. The summed E-state index contributed by atoms with van der Waals surface area (Å²) >= 11 is 0. The Hall–Kier alpha value is -5.06. The zero-order valence-corrected chi connectivity index (χ0v) is 68.1. The van der Waals surface area contributed by atoms with Crippen molar-refractivity contribution in [3.63, 3.8) is 0 Å². The fraction of sp³-hybridized carbons (Fsp3) is 0.678. The molecule has 0 saturated heterocycles. The van der Waals surface area contributed by atoms with Crippen LogP contribution in [-0.4, -0.2) is 96.7 Å². The molecular weight excluding hydrogens is 1380 g/mol. The molecule has 5 atom stereocenters. The summed E-state index contributed by atoms with van der Waals surface area (Å²) in [5, 5.41) is 10.7. The van der Waals surface area contributed by atoms with E-state index in [9.17, 15) is 43.2 Å². The summed E-state index contributed by atoms with van der Waals surface area (Å²) < 4.78 is 68.7. The number of hydrogen-bond acceptors (Lipinski definition) is 15. The van der Waals surface area contributed by atoms with Crippen LogP contribution in [0.25, 0.3) is 0 Å². The van der Waals surface area contributed by atoms with Crippen molar-refractivity contribution in [2.75, 3.05) is 39.6 Å². The lowest BCUT2D eigenvalue weighted by Crippen LogP contribution is -2.30. The highest BCUT2D eigenvalue weighted by Crippen LogP contribution is 2.45. The quantitative estimate of drug-likeness (QED) is 0.0169. The third-order valence-corrected chi connectivity index (χ3v) is 18.7. The Morgan fingerprint density at radius 3 is 0.755 bits per heavy atom. The largest absolute Gasteiger partial charge is 0.472 e. The van der Waals surface area contributed by atoms with Crippen molar-refractivity contribution in [1.29, 1.82) is 0 Å². The normalized spacial score (nSPS) is 14.6. The van der Waals surface area contributed by atoms with Crippen LogP contribution in [0.2, 0.25) is 0 Å². The highest BCUT2D eigenvalue weighted by atomic mass is 31.2. The lowest BCUT2D eigenvalue weighted by molar-refractivity contribution is -0.161. The van der Waals surface area contributed by atoms with Gasteiger partial charge in [-0.3, -0.25) is 37.3 Å². The molecule has 5 unspecified atom stereocenters. The van der Waals surface area contributed by atoms with Crippen molar-refractivity contribution in [1.82, 2.24) is 0 Å². The minimum Gasteiger partial charge on any atom is -0.462 e. The van der Waals surface area contributed by atoms with E-state index < -0.39 is 97.5 Å². The molecule has 0 amide bonds. The maximum Gasteiger partial charge on any atom is 0.472 e. The minimum atomic E-state index is -4.99. The number of carbonyl (C=O) groups is 4. The molecule has 0 rings (SSSR count). The number of allylic oxidation sites excluding steroid dienone is 24. The van der Waals surface area contributed by atoms with Crippen LogP contribution < -0.4 is 0 Å². The molecule has 0 aromatic rings. The van der Waals surface area contributed by atoms with Crippen molar-refractivity contribution < 1.29 is 80.2 Å². The van der Waals surface area contributed by atoms with Gasteiger partial charge in [-0.15, -0.1) is 0 Å². The number of unbranched alkanes of at least 4 members (excludes halogenated alkanes) is 26. The van der Waals surface area contributed by atoms with Gasteiger partial charge < -0.3 is 33.8 Å². The van der Waals surface area contributed by atoms with Crippen LogP contribution in [0.4, 0.5) is 0 Å². The average Bonchev–Trinajstić information content (AvgIpc) is 0.909. The highest BCUT2D eigenvalue weighted by molar-refractivity contribution is 7.47. The van der Waals surface area contributed by atoms with E-state index in [1.165, 1.54) is 38.5 Å². The van der Waals surface area contributed by atoms with Crippen molar-refractivity contribution in [2.24, 2.45) is 0 Å². The lowest BCUT2D eigenvalue weighted by atomic mass is 10.1. The first-order valence-corrected chi connectivity index (χ1v) is 44.1. The summed E-state index contributed by atoms with van der Waals surface area (Å²) in [7, 11) is -9.99. The van der Waals surface area contributed by atoms with Crippen molar-refractivity contribution in [3.05, 3.63) is 146 Å². The molecule has 0 aromatic carbocycles. The molecular formula is C87H146O17P2. The fourth-order valence-corrected chi connectivity index (χ4v) is 12.1. The van der Waals surface area contributed by atoms with Gasteiger partial charge in [-0.25, -0.2) is 9.13 Å². The molecule has 0 fully saturated rings. The van der Waals surface area contributed by atoms with Gasteiger partial charge in [-0.05, 0) is 167 Å². The van der Waals surface area contributed by atoms with E-state index in [-0.39, 0.29) is 25.7 Å². The molecule has 0 aliphatic heterocycles. The van der Waals surface area contributed by atoms with Gasteiger partial charge in [0.05, 0.1) is 26.4 Å². The number of hydrogen-bond donors (Lipinski definition) is 3. The standard InChI is InChI=1S/C87H146O17P2/c1-5-9-13-17-21-25-29-33-37-39-40-42-46-48-52-56-60-64-68-72-85(90)98-78-83(104-87(92)74-70-66-62-58-54-50-44-36-32-28-24-20-16-12-8-4)80-102-106(95,96)100-76-81(88)75-99-105(93,94)101-79-82(103-86(91)73-69-65-61-57-53-49-43-35-31-27-23-19-15-11-7-3)77-97-84(89)71-67-63-59-55-51-47-45-41-38-34-30-26-22-18-14-10-6-2/h9-10,13-14,21-28,33-38,40,42-45,47,81-83,88H,5-8,11-12,15-20,29-32,39,41,46,48-80H2,1-4H3,(H,93,94)(H,95,96)/b13-9-,14-10-,25-21-,26-22-,27-23-,28-24-,37-33-,38-34-,42-40-,43-35-,44-36-,47-45-. The number of ether oxygens (including phenoxy) is 4. The van der Waals surface area contributed by atoms with Crippen molar-refractivity contribution in [2.45, 2.75) is 341 Å². The van der Waals surface area contributed by atoms with Gasteiger partial charge in [0.15, 0.2) is 12.2 Å². The molecule has 17 nitrogen and oxygen atoms in total. The van der Waals surface area contributed by atoms with Crippen molar-refractivity contribution >= 4 is 39.5 Å². The van der Waals surface area contributed by atoms with Gasteiger partial charge >= 0.3 is 39.5 Å². The topological polar surface area (TPSA) is 237 Å². The molecule has 106 heavy (non-hydrogen) atoms. The zero-order chi connectivity index (χ0) is 77.4. The van der Waals surface area contributed by atoms with Crippen LogP contribution in [0, 0.1) is 0 Å². The smallest absolute Gasteiger partial charge is 0.462 e. The first kappa shape index (κ1) is 101. The third kappa shape index (κ3) is 77.1. The molecule has 0 aromatic heterocycles. The number of rotatable bonds is 76. The van der Waals surface area contributed by atoms with Crippen LogP contribution in [0.1, 0.15) is 323 Å². The van der Waals surface area contributed by atoms with Crippen molar-refractivity contribution in [3.8, 4) is 0 Å². The number of aliphatic hydroxyl groups is 1. The molecule has 0 saturated carbocycles. The molecule has 0 heterocycles. The lowest BCUT2D eigenvalue weighted by Gasteiger charge is -2.21. The zero-order valence-electron chi connectivity index (χ0n) is 66.3. The minimum absolute atomic E-state index is 0.0693. The number of aliphatic hydroxyl groups excluding tert-OH is 1. The average molecular weight is 1530 g/mol. The van der Waals surface area contributed by atoms with Gasteiger partial charge in [-0.1, -0.05) is 276 Å². The van der Waals surface area contributed by atoms with E-state index in [4.69, 9.17) is 37.0 Å². The molecule has 3 N–H and O–H groups in total. The fourth-order valence-electron chi connectivity index (χ4n) is 10.6. The monoisotopic (exact) mass is 1530 g/mol. The predicted molar refractivity (Wildman–Crippen MR) is 436 cm³/mol. The van der Waals surface area contributed by atoms with Gasteiger partial charge in [0.1, 0.15) is 19.3 Å². The van der Waals surface area contributed by atoms with E-state index in [2.05, 4.69) is 174 Å². The number of esters is 4. The Kier molecular flexibility index (Phi) is 74.3. The Morgan fingerprint density at radius 1 is 0.274 bits per heavy atom. The highest BCUT2D eigenvalue weighted by Gasteiger charge is 2.30. The number of carbonyl (C=O) groups excluding carboxylic acids is 4. The Balaban J connectivity index is 5.42. The summed E-state index contributed by atoms with van der Waals surface area (Å²) in [6.45, 7) is 4.54. The maximum atomic E-state index is 13.1. The number of phosphoric ester groups is 2. The Morgan fingerprint density at radius 2 is 0.491 bits per heavy atom. The Bertz CT molecular complexity index is 2580. The summed E-state index contributed by atoms with van der Waals surface area (Å²) in [5.74, 6) is -2.25. The van der Waals surface area contributed by atoms with E-state index >= 15 is 0 Å².